The maximum Gasteiger partial charge on any atom is 0.193 e. The van der Waals surface area contributed by atoms with Gasteiger partial charge in [0.2, 0.25) is 0 Å². The van der Waals surface area contributed by atoms with Crippen LogP contribution in [0.4, 0.5) is 0 Å². The molecule has 0 aromatic carbocycles. The fourth-order valence-corrected chi connectivity index (χ4v) is 0.357. The molecule has 0 rings (SSSR count). The number of hydrogen-bond acceptors (Lipinski definition) is 1. The van der Waals surface area contributed by atoms with Gasteiger partial charge < -0.3 is 16.8 Å². The number of aliphatic imine (C=N–C) groups is 1. The molecule has 4 nitrogen and oxygen atoms in total. The molecule has 0 aliphatic heterocycles. The summed E-state index contributed by atoms with van der Waals surface area (Å²) in [5.41, 5.74) is 8.79. The van der Waals surface area contributed by atoms with Gasteiger partial charge in [0.1, 0.15) is 0 Å². The van der Waals surface area contributed by atoms with E-state index in [0.29, 0.717) is 12.6 Å². The SMILES string of the molecule is CCNC(N)=NC[NH3+]. The molecule has 0 radical (unpaired) electrons. The van der Waals surface area contributed by atoms with E-state index in [2.05, 4.69) is 16.0 Å². The zero-order valence-electron chi connectivity index (χ0n) is 5.15. The lowest BCUT2D eigenvalue weighted by Crippen LogP contribution is -2.50. The summed E-state index contributed by atoms with van der Waals surface area (Å²) in [6.45, 7) is 3.28. The van der Waals surface area contributed by atoms with E-state index in [-0.39, 0.29) is 0 Å². The summed E-state index contributed by atoms with van der Waals surface area (Å²) >= 11 is 0. The highest BCUT2D eigenvalue weighted by Gasteiger charge is 1.82. The summed E-state index contributed by atoms with van der Waals surface area (Å²) in [5.74, 6) is 0.475. The quantitative estimate of drug-likeness (QED) is 0.292. The first kappa shape index (κ1) is 7.23. The summed E-state index contributed by atoms with van der Waals surface area (Å²) in [4.78, 5) is 3.79. The number of nitrogens with two attached hydrogens (primary N) is 1. The Morgan fingerprint density at radius 3 is 2.88 bits per heavy atom. The molecule has 0 atom stereocenters. The average molecular weight is 117 g/mol. The highest BCUT2D eigenvalue weighted by Crippen LogP contribution is 1.57. The van der Waals surface area contributed by atoms with E-state index < -0.39 is 0 Å². The van der Waals surface area contributed by atoms with Gasteiger partial charge in [0, 0.05) is 6.54 Å². The van der Waals surface area contributed by atoms with Gasteiger partial charge in [0.15, 0.2) is 12.6 Å². The molecule has 0 bridgehead atoms. The molecule has 0 saturated heterocycles. The number of quaternary nitrogens is 1. The lowest BCUT2D eigenvalue weighted by atomic mass is 10.7. The van der Waals surface area contributed by atoms with E-state index in [4.69, 9.17) is 5.73 Å². The Balaban J connectivity index is 3.29. The van der Waals surface area contributed by atoms with E-state index in [0.717, 1.165) is 6.54 Å². The molecule has 0 fully saturated rings. The van der Waals surface area contributed by atoms with Gasteiger partial charge >= 0.3 is 0 Å². The molecule has 0 aliphatic carbocycles. The third-order valence-electron chi connectivity index (χ3n) is 0.640. The Labute approximate surface area is 49.0 Å². The van der Waals surface area contributed by atoms with Crippen molar-refractivity contribution >= 4 is 5.96 Å². The lowest BCUT2D eigenvalue weighted by Gasteiger charge is -1.96. The highest BCUT2D eigenvalue weighted by molar-refractivity contribution is 5.77. The monoisotopic (exact) mass is 117 g/mol. The standard InChI is InChI=1S/C4H12N4/c1-2-7-4(6)8-3-5/h2-3,5H2,1H3,(H3,6,7,8)/p+1. The first-order valence-electron chi connectivity index (χ1n) is 2.64. The van der Waals surface area contributed by atoms with E-state index in [1.165, 1.54) is 0 Å². The largest absolute Gasteiger partial charge is 0.370 e. The van der Waals surface area contributed by atoms with Crippen molar-refractivity contribution in [3.05, 3.63) is 0 Å². The number of rotatable bonds is 2. The van der Waals surface area contributed by atoms with Gasteiger partial charge in [-0.05, 0) is 6.92 Å². The zero-order chi connectivity index (χ0) is 6.41. The first-order chi connectivity index (χ1) is 3.81. The molecule has 0 saturated carbocycles. The first-order valence-corrected chi connectivity index (χ1v) is 2.64. The minimum atomic E-state index is 0.475. The fraction of sp³-hybridized carbons (Fsp3) is 0.750. The summed E-state index contributed by atoms with van der Waals surface area (Å²) in [6, 6.07) is 0. The smallest absolute Gasteiger partial charge is 0.193 e. The minimum Gasteiger partial charge on any atom is -0.370 e. The Morgan fingerprint density at radius 2 is 2.50 bits per heavy atom. The van der Waals surface area contributed by atoms with Crippen molar-refractivity contribution in [1.29, 1.82) is 0 Å². The van der Waals surface area contributed by atoms with Gasteiger partial charge in [-0.15, -0.1) is 0 Å². The van der Waals surface area contributed by atoms with Crippen LogP contribution >= 0.6 is 0 Å². The Morgan fingerprint density at radius 1 is 1.88 bits per heavy atom. The predicted molar refractivity (Wildman–Crippen MR) is 33.1 cm³/mol. The molecule has 0 aromatic heterocycles. The van der Waals surface area contributed by atoms with Crippen LogP contribution in [-0.4, -0.2) is 19.2 Å². The summed E-state index contributed by atoms with van der Waals surface area (Å²) < 4.78 is 0. The van der Waals surface area contributed by atoms with Gasteiger partial charge in [0.25, 0.3) is 0 Å². The second kappa shape index (κ2) is 4.39. The van der Waals surface area contributed by atoms with Crippen molar-refractivity contribution in [2.45, 2.75) is 6.92 Å². The molecule has 0 amide bonds. The predicted octanol–water partition coefficient (Wildman–Crippen LogP) is -1.89. The molecule has 0 heterocycles. The van der Waals surface area contributed by atoms with Gasteiger partial charge in [-0.2, -0.15) is 4.99 Å². The topological polar surface area (TPSA) is 78.0 Å². The molecule has 0 spiro atoms. The van der Waals surface area contributed by atoms with E-state index in [1.54, 1.807) is 0 Å². The molecule has 0 aliphatic rings. The van der Waals surface area contributed by atoms with Gasteiger partial charge in [0.05, 0.1) is 0 Å². The van der Waals surface area contributed by atoms with Crippen LogP contribution in [0.15, 0.2) is 4.99 Å². The molecule has 0 unspecified atom stereocenters. The maximum absolute atomic E-state index is 5.29. The summed E-state index contributed by atoms with van der Waals surface area (Å²) in [5, 5.41) is 2.83. The van der Waals surface area contributed by atoms with Crippen LogP contribution in [-0.2, 0) is 0 Å². The molecule has 4 heteroatoms. The van der Waals surface area contributed by atoms with Crippen molar-refractivity contribution in [3.8, 4) is 0 Å². The average Bonchev–Trinajstić information content (AvgIpc) is 1.68. The van der Waals surface area contributed by atoms with Crippen LogP contribution in [0.5, 0.6) is 0 Å². The van der Waals surface area contributed by atoms with Crippen LogP contribution in [0.1, 0.15) is 6.92 Å². The van der Waals surface area contributed by atoms with Crippen LogP contribution in [0.3, 0.4) is 0 Å². The van der Waals surface area contributed by atoms with Crippen molar-refractivity contribution in [2.75, 3.05) is 13.2 Å². The second-order valence-corrected chi connectivity index (χ2v) is 1.30. The molecular formula is C4H13N4+. The normalized spacial score (nSPS) is 11.5. The van der Waals surface area contributed by atoms with Gasteiger partial charge in [-0.3, -0.25) is 0 Å². The summed E-state index contributed by atoms with van der Waals surface area (Å²) in [7, 11) is 0. The molecule has 6 N–H and O–H groups in total. The van der Waals surface area contributed by atoms with Crippen LogP contribution in [0.25, 0.3) is 0 Å². The van der Waals surface area contributed by atoms with E-state index >= 15 is 0 Å². The maximum atomic E-state index is 5.29. The Hall–Kier alpha value is -0.770. The van der Waals surface area contributed by atoms with Crippen molar-refractivity contribution in [2.24, 2.45) is 10.7 Å². The number of hydrogen-bond donors (Lipinski definition) is 3. The van der Waals surface area contributed by atoms with E-state index in [9.17, 15) is 0 Å². The Kier molecular flexibility index (Phi) is 3.97. The number of nitrogens with zero attached hydrogens (tertiary/aromatic N) is 1. The molecule has 8 heavy (non-hydrogen) atoms. The molecule has 48 valence electrons. The number of guanidine groups is 1. The van der Waals surface area contributed by atoms with E-state index in [1.807, 2.05) is 6.92 Å². The third kappa shape index (κ3) is 3.42. The van der Waals surface area contributed by atoms with Crippen LogP contribution in [0, 0.1) is 0 Å². The van der Waals surface area contributed by atoms with Crippen LogP contribution in [0.2, 0.25) is 0 Å². The summed E-state index contributed by atoms with van der Waals surface area (Å²) in [6.07, 6.45) is 0. The highest BCUT2D eigenvalue weighted by atomic mass is 15.1. The second-order valence-electron chi connectivity index (χ2n) is 1.30. The molecular weight excluding hydrogens is 104 g/mol. The van der Waals surface area contributed by atoms with Crippen molar-refractivity contribution in [1.82, 2.24) is 5.32 Å². The zero-order valence-corrected chi connectivity index (χ0v) is 5.15. The fourth-order valence-electron chi connectivity index (χ4n) is 0.357. The van der Waals surface area contributed by atoms with Gasteiger partial charge in [-0.1, -0.05) is 0 Å². The third-order valence-corrected chi connectivity index (χ3v) is 0.640. The Bertz CT molecular complexity index is 78.1. The van der Waals surface area contributed by atoms with Gasteiger partial charge in [-0.25, -0.2) is 0 Å². The number of nitrogens with one attached hydrogen (secondary N) is 1. The minimum absolute atomic E-state index is 0.475. The van der Waals surface area contributed by atoms with Crippen LogP contribution < -0.4 is 16.8 Å². The van der Waals surface area contributed by atoms with Crippen molar-refractivity contribution < 1.29 is 5.73 Å². The lowest BCUT2D eigenvalue weighted by molar-refractivity contribution is -0.364. The van der Waals surface area contributed by atoms with Crippen molar-refractivity contribution in [3.63, 3.8) is 0 Å². The molecule has 0 aromatic rings.